The van der Waals surface area contributed by atoms with Crippen molar-refractivity contribution in [1.82, 2.24) is 5.32 Å². The summed E-state index contributed by atoms with van der Waals surface area (Å²) in [6.07, 6.45) is 8.34. The summed E-state index contributed by atoms with van der Waals surface area (Å²) in [5.74, 6) is 1.69. The van der Waals surface area contributed by atoms with Crippen LogP contribution in [0, 0.1) is 5.92 Å². The van der Waals surface area contributed by atoms with Crippen LogP contribution in [0.4, 0.5) is 0 Å². The molecule has 1 aliphatic carbocycles. The monoisotopic (exact) mass is 323 g/mol. The summed E-state index contributed by atoms with van der Waals surface area (Å²) in [6, 6.07) is 8.73. The van der Waals surface area contributed by atoms with Gasteiger partial charge in [0.15, 0.2) is 0 Å². The molecule has 2 nitrogen and oxygen atoms in total. The number of thiophene rings is 1. The van der Waals surface area contributed by atoms with Crippen LogP contribution in [0.15, 0.2) is 34.9 Å². The third-order valence-electron chi connectivity index (χ3n) is 4.45. The zero-order chi connectivity index (χ0) is 14.7. The minimum absolute atomic E-state index is 0.114. The molecular weight excluding hydrogens is 302 g/mol. The number of rotatable bonds is 4. The van der Waals surface area contributed by atoms with Crippen LogP contribution in [0.1, 0.15) is 55.7 Å². The van der Waals surface area contributed by atoms with E-state index in [0.717, 1.165) is 10.1 Å². The molecule has 0 spiro atoms. The second-order valence-corrected chi connectivity index (χ2v) is 7.73. The predicted octanol–water partition coefficient (Wildman–Crippen LogP) is 5.64. The summed E-state index contributed by atoms with van der Waals surface area (Å²) in [6.45, 7) is 2.36. The molecule has 0 aliphatic heterocycles. The van der Waals surface area contributed by atoms with E-state index in [2.05, 4.69) is 18.3 Å². The molecule has 0 bridgehead atoms. The average molecular weight is 324 g/mol. The highest BCUT2D eigenvalue weighted by Gasteiger charge is 2.26. The Labute approximate surface area is 135 Å². The highest BCUT2D eigenvalue weighted by Crippen LogP contribution is 2.33. The fourth-order valence-electron chi connectivity index (χ4n) is 3.20. The highest BCUT2D eigenvalue weighted by atomic mass is 35.5. The van der Waals surface area contributed by atoms with Gasteiger partial charge < -0.3 is 4.42 Å². The van der Waals surface area contributed by atoms with E-state index in [4.69, 9.17) is 16.0 Å². The number of hydrogen-bond acceptors (Lipinski definition) is 3. The second kappa shape index (κ2) is 6.99. The lowest BCUT2D eigenvalue weighted by molar-refractivity contribution is 0.320. The Kier molecular flexibility index (Phi) is 5.04. The maximum atomic E-state index is 6.12. The van der Waals surface area contributed by atoms with Crippen molar-refractivity contribution in [3.05, 3.63) is 45.5 Å². The maximum absolute atomic E-state index is 6.12. The predicted molar refractivity (Wildman–Crippen MR) is 89.1 cm³/mol. The van der Waals surface area contributed by atoms with Gasteiger partial charge in [0.25, 0.3) is 0 Å². The van der Waals surface area contributed by atoms with Crippen LogP contribution < -0.4 is 5.32 Å². The van der Waals surface area contributed by atoms with E-state index in [-0.39, 0.29) is 6.04 Å². The lowest BCUT2D eigenvalue weighted by Crippen LogP contribution is -2.37. The summed E-state index contributed by atoms with van der Waals surface area (Å²) < 4.78 is 6.50. The van der Waals surface area contributed by atoms with Crippen LogP contribution in [0.2, 0.25) is 4.34 Å². The molecular formula is C17H22ClNOS. The molecule has 0 aromatic carbocycles. The van der Waals surface area contributed by atoms with Gasteiger partial charge in [-0.15, -0.1) is 11.3 Å². The van der Waals surface area contributed by atoms with Gasteiger partial charge in [-0.25, -0.2) is 0 Å². The minimum Gasteiger partial charge on any atom is -0.467 e. The van der Waals surface area contributed by atoms with Gasteiger partial charge in [0.2, 0.25) is 0 Å². The third-order valence-corrected chi connectivity index (χ3v) is 5.74. The van der Waals surface area contributed by atoms with Crippen molar-refractivity contribution >= 4 is 22.9 Å². The summed E-state index contributed by atoms with van der Waals surface area (Å²) in [5, 5.41) is 3.84. The van der Waals surface area contributed by atoms with Gasteiger partial charge >= 0.3 is 0 Å². The summed E-state index contributed by atoms with van der Waals surface area (Å²) in [5.41, 5.74) is 0. The second-order valence-electron chi connectivity index (χ2n) is 5.98. The Hall–Kier alpha value is -0.770. The normalized spacial score (nSPS) is 24.7. The van der Waals surface area contributed by atoms with Crippen molar-refractivity contribution in [1.29, 1.82) is 0 Å². The molecule has 3 unspecified atom stereocenters. The number of nitrogens with one attached hydrogen (secondary N) is 1. The zero-order valence-electron chi connectivity index (χ0n) is 12.3. The third kappa shape index (κ3) is 3.71. The molecule has 1 N–H and O–H groups in total. The molecule has 21 heavy (non-hydrogen) atoms. The molecule has 0 saturated heterocycles. The number of furan rings is 1. The van der Waals surface area contributed by atoms with Crippen molar-refractivity contribution < 1.29 is 4.42 Å². The van der Waals surface area contributed by atoms with Crippen molar-refractivity contribution in [3.63, 3.8) is 0 Å². The molecule has 4 heteroatoms. The first-order valence-electron chi connectivity index (χ1n) is 7.78. The van der Waals surface area contributed by atoms with E-state index < -0.39 is 0 Å². The molecule has 0 amide bonds. The number of halogens is 1. The zero-order valence-corrected chi connectivity index (χ0v) is 13.9. The van der Waals surface area contributed by atoms with E-state index >= 15 is 0 Å². The summed E-state index contributed by atoms with van der Waals surface area (Å²) in [7, 11) is 0. The lowest BCUT2D eigenvalue weighted by Gasteiger charge is -2.27. The lowest BCUT2D eigenvalue weighted by atomic mass is 9.95. The van der Waals surface area contributed by atoms with E-state index in [0.29, 0.717) is 12.0 Å². The molecule has 2 aromatic rings. The van der Waals surface area contributed by atoms with Crippen LogP contribution >= 0.6 is 22.9 Å². The molecule has 1 aliphatic rings. The quantitative estimate of drug-likeness (QED) is 0.736. The minimum atomic E-state index is 0.114. The first-order chi connectivity index (χ1) is 10.2. The Bertz CT molecular complexity index is 551. The fraction of sp³-hybridized carbons (Fsp3) is 0.529. The smallest absolute Gasteiger partial charge is 0.126 e. The van der Waals surface area contributed by atoms with E-state index in [1.165, 1.54) is 37.0 Å². The Morgan fingerprint density at radius 2 is 2.10 bits per heavy atom. The van der Waals surface area contributed by atoms with Crippen molar-refractivity contribution in [2.24, 2.45) is 5.92 Å². The Balaban J connectivity index is 1.82. The van der Waals surface area contributed by atoms with Crippen LogP contribution in [0.25, 0.3) is 0 Å². The first-order valence-corrected chi connectivity index (χ1v) is 8.98. The van der Waals surface area contributed by atoms with Gasteiger partial charge in [0, 0.05) is 10.9 Å². The van der Waals surface area contributed by atoms with Crippen LogP contribution in [-0.2, 0) is 0 Å². The molecule has 1 saturated carbocycles. The number of hydrogen-bond donors (Lipinski definition) is 1. The topological polar surface area (TPSA) is 25.2 Å². The summed E-state index contributed by atoms with van der Waals surface area (Å²) in [4.78, 5) is 1.23. The molecule has 3 atom stereocenters. The SMILES string of the molecule is CC1CCCCCC1NC(c1ccco1)c1ccc(Cl)s1. The summed E-state index contributed by atoms with van der Waals surface area (Å²) >= 11 is 7.76. The van der Waals surface area contributed by atoms with Gasteiger partial charge in [-0.1, -0.05) is 37.8 Å². The standard InChI is InChI=1S/C17H22ClNOS/c1-12-6-3-2-4-7-13(12)19-17(14-8-5-11-20-14)15-9-10-16(18)21-15/h5,8-13,17,19H,2-4,6-7H2,1H3. The van der Waals surface area contributed by atoms with Crippen LogP contribution in [0.5, 0.6) is 0 Å². The van der Waals surface area contributed by atoms with Gasteiger partial charge in [-0.3, -0.25) is 5.32 Å². The molecule has 114 valence electrons. The van der Waals surface area contributed by atoms with Gasteiger partial charge in [0.1, 0.15) is 11.8 Å². The van der Waals surface area contributed by atoms with Crippen LogP contribution in [0.3, 0.4) is 0 Å². The van der Waals surface area contributed by atoms with Crippen molar-refractivity contribution in [2.45, 2.75) is 51.1 Å². The average Bonchev–Trinajstić information content (AvgIpc) is 3.09. The fourth-order valence-corrected chi connectivity index (χ4v) is 4.33. The largest absolute Gasteiger partial charge is 0.467 e. The Morgan fingerprint density at radius 1 is 1.24 bits per heavy atom. The maximum Gasteiger partial charge on any atom is 0.126 e. The van der Waals surface area contributed by atoms with Gasteiger partial charge in [-0.2, -0.15) is 0 Å². The van der Waals surface area contributed by atoms with E-state index in [1.807, 2.05) is 18.2 Å². The molecule has 2 aromatic heterocycles. The highest BCUT2D eigenvalue weighted by molar-refractivity contribution is 7.16. The first kappa shape index (κ1) is 15.1. The Morgan fingerprint density at radius 3 is 2.81 bits per heavy atom. The van der Waals surface area contributed by atoms with E-state index in [9.17, 15) is 0 Å². The van der Waals surface area contributed by atoms with E-state index in [1.54, 1.807) is 17.6 Å². The molecule has 2 heterocycles. The van der Waals surface area contributed by atoms with Crippen LogP contribution in [-0.4, -0.2) is 6.04 Å². The van der Waals surface area contributed by atoms with Crippen molar-refractivity contribution in [2.75, 3.05) is 0 Å². The molecule has 0 radical (unpaired) electrons. The van der Waals surface area contributed by atoms with Gasteiger partial charge in [0.05, 0.1) is 10.6 Å². The molecule has 3 rings (SSSR count). The molecule has 1 fully saturated rings. The van der Waals surface area contributed by atoms with Gasteiger partial charge in [-0.05, 0) is 43.0 Å². The van der Waals surface area contributed by atoms with Crippen molar-refractivity contribution in [3.8, 4) is 0 Å².